The third-order valence-corrected chi connectivity index (χ3v) is 3.55. The molecule has 20 heavy (non-hydrogen) atoms. The largest absolute Gasteiger partial charge is 0.358 e. The molecule has 1 aliphatic rings. The fourth-order valence-corrected chi connectivity index (χ4v) is 2.27. The van der Waals surface area contributed by atoms with Crippen LogP contribution in [-0.2, 0) is 6.54 Å². The number of benzene rings is 1. The molecule has 3 N–H and O–H groups in total. The standard InChI is InChI=1S/C14H18N4O2/c1-2-14(18(19)20)7-4-8-16-13(14)17-12-6-3-5-11(9-12)10-15/h3-9,13,17H,2,10,15H2,1H3. The summed E-state index contributed by atoms with van der Waals surface area (Å²) in [5, 5.41) is 14.6. The van der Waals surface area contributed by atoms with Crippen LogP contribution in [0.3, 0.4) is 0 Å². The van der Waals surface area contributed by atoms with Crippen LogP contribution in [0.25, 0.3) is 0 Å². The molecule has 6 heteroatoms. The van der Waals surface area contributed by atoms with Crippen LogP contribution in [0, 0.1) is 10.1 Å². The molecule has 0 amide bonds. The average molecular weight is 274 g/mol. The molecule has 2 atom stereocenters. The third kappa shape index (κ3) is 2.55. The van der Waals surface area contributed by atoms with Gasteiger partial charge in [-0.25, -0.2) is 0 Å². The summed E-state index contributed by atoms with van der Waals surface area (Å²) in [6.07, 6.45) is 4.55. The Labute approximate surface area is 117 Å². The molecule has 106 valence electrons. The predicted molar refractivity (Wildman–Crippen MR) is 79.4 cm³/mol. The SMILES string of the molecule is CCC1([N+](=O)[O-])C=CC=NC1Nc1cccc(CN)c1. The summed E-state index contributed by atoms with van der Waals surface area (Å²) >= 11 is 0. The molecular formula is C14H18N4O2. The van der Waals surface area contributed by atoms with Crippen molar-refractivity contribution in [3.8, 4) is 0 Å². The highest BCUT2D eigenvalue weighted by molar-refractivity contribution is 5.73. The lowest BCUT2D eigenvalue weighted by Gasteiger charge is -2.30. The van der Waals surface area contributed by atoms with E-state index in [9.17, 15) is 10.1 Å². The van der Waals surface area contributed by atoms with E-state index >= 15 is 0 Å². The number of hydrogen-bond acceptors (Lipinski definition) is 5. The van der Waals surface area contributed by atoms with Crippen molar-refractivity contribution in [1.82, 2.24) is 0 Å². The molecule has 0 aliphatic carbocycles. The molecule has 6 nitrogen and oxygen atoms in total. The zero-order valence-electron chi connectivity index (χ0n) is 11.3. The number of nitrogens with one attached hydrogen (secondary N) is 1. The molecular weight excluding hydrogens is 256 g/mol. The summed E-state index contributed by atoms with van der Waals surface area (Å²) < 4.78 is 0. The lowest BCUT2D eigenvalue weighted by atomic mass is 9.91. The zero-order chi connectivity index (χ0) is 14.6. The number of anilines is 1. The van der Waals surface area contributed by atoms with Crippen molar-refractivity contribution < 1.29 is 4.92 Å². The lowest BCUT2D eigenvalue weighted by Crippen LogP contribution is -2.51. The van der Waals surface area contributed by atoms with Gasteiger partial charge < -0.3 is 11.1 Å². The summed E-state index contributed by atoms with van der Waals surface area (Å²) in [5.74, 6) is 0. The second-order valence-electron chi connectivity index (χ2n) is 4.71. The molecule has 0 radical (unpaired) electrons. The fraction of sp³-hybridized carbons (Fsp3) is 0.357. The van der Waals surface area contributed by atoms with E-state index in [2.05, 4.69) is 10.3 Å². The van der Waals surface area contributed by atoms with Crippen LogP contribution < -0.4 is 11.1 Å². The Morgan fingerprint density at radius 2 is 2.35 bits per heavy atom. The van der Waals surface area contributed by atoms with Crippen molar-refractivity contribution in [2.45, 2.75) is 31.6 Å². The number of nitro groups is 1. The minimum atomic E-state index is -1.21. The molecule has 0 saturated heterocycles. The minimum Gasteiger partial charge on any atom is -0.358 e. The molecule has 0 saturated carbocycles. The number of nitrogens with two attached hydrogens (primary N) is 1. The Bertz CT molecular complexity index is 556. The minimum absolute atomic E-state index is 0.273. The number of hydrogen-bond donors (Lipinski definition) is 2. The lowest BCUT2D eigenvalue weighted by molar-refractivity contribution is -0.558. The van der Waals surface area contributed by atoms with Crippen molar-refractivity contribution in [2.24, 2.45) is 10.7 Å². The third-order valence-electron chi connectivity index (χ3n) is 3.55. The first-order valence-electron chi connectivity index (χ1n) is 6.53. The Morgan fingerprint density at radius 1 is 1.55 bits per heavy atom. The number of nitrogens with zero attached hydrogens (tertiary/aromatic N) is 2. The van der Waals surface area contributed by atoms with Crippen molar-refractivity contribution in [3.05, 3.63) is 52.1 Å². The number of aliphatic imine (C=N–C) groups is 1. The highest BCUT2D eigenvalue weighted by Crippen LogP contribution is 2.28. The molecule has 2 rings (SSSR count). The molecule has 0 spiro atoms. The molecule has 0 aromatic heterocycles. The maximum Gasteiger partial charge on any atom is 0.280 e. The summed E-state index contributed by atoms with van der Waals surface area (Å²) in [5.41, 5.74) is 6.14. The quantitative estimate of drug-likeness (QED) is 0.634. The molecule has 0 fully saturated rings. The van der Waals surface area contributed by atoms with E-state index in [-0.39, 0.29) is 4.92 Å². The second-order valence-corrected chi connectivity index (χ2v) is 4.71. The highest BCUT2D eigenvalue weighted by Gasteiger charge is 2.48. The van der Waals surface area contributed by atoms with Crippen LogP contribution in [0.15, 0.2) is 41.4 Å². The summed E-state index contributed by atoms with van der Waals surface area (Å²) in [6.45, 7) is 2.22. The van der Waals surface area contributed by atoms with Gasteiger partial charge in [0.2, 0.25) is 0 Å². The van der Waals surface area contributed by atoms with Crippen LogP contribution in [0.5, 0.6) is 0 Å². The maximum atomic E-state index is 11.5. The first-order valence-corrected chi connectivity index (χ1v) is 6.53. The topological polar surface area (TPSA) is 93.5 Å². The van der Waals surface area contributed by atoms with Crippen molar-refractivity contribution in [1.29, 1.82) is 0 Å². The van der Waals surface area contributed by atoms with Crippen LogP contribution in [0.1, 0.15) is 18.9 Å². The van der Waals surface area contributed by atoms with E-state index in [0.29, 0.717) is 13.0 Å². The first-order chi connectivity index (χ1) is 9.62. The van der Waals surface area contributed by atoms with Gasteiger partial charge in [-0.3, -0.25) is 15.1 Å². The van der Waals surface area contributed by atoms with Crippen molar-refractivity contribution in [2.75, 3.05) is 5.32 Å². The van der Waals surface area contributed by atoms with Gasteiger partial charge in [-0.1, -0.05) is 19.1 Å². The van der Waals surface area contributed by atoms with E-state index in [4.69, 9.17) is 5.73 Å². The van der Waals surface area contributed by atoms with Crippen molar-refractivity contribution >= 4 is 11.9 Å². The van der Waals surface area contributed by atoms with Gasteiger partial charge in [-0.2, -0.15) is 0 Å². The van der Waals surface area contributed by atoms with Crippen LogP contribution in [0.4, 0.5) is 5.69 Å². The smallest absolute Gasteiger partial charge is 0.280 e. The van der Waals surface area contributed by atoms with Crippen LogP contribution in [0.2, 0.25) is 0 Å². The molecule has 1 heterocycles. The maximum absolute atomic E-state index is 11.5. The van der Waals surface area contributed by atoms with Crippen LogP contribution in [-0.4, -0.2) is 22.8 Å². The highest BCUT2D eigenvalue weighted by atomic mass is 16.6. The Balaban J connectivity index is 2.28. The fourth-order valence-electron chi connectivity index (χ4n) is 2.27. The summed E-state index contributed by atoms with van der Waals surface area (Å²) in [4.78, 5) is 15.4. The van der Waals surface area contributed by atoms with E-state index in [0.717, 1.165) is 11.3 Å². The number of dihydropyridines is 1. The van der Waals surface area contributed by atoms with E-state index < -0.39 is 11.7 Å². The normalized spacial score (nSPS) is 24.6. The molecule has 1 aliphatic heterocycles. The van der Waals surface area contributed by atoms with E-state index in [1.807, 2.05) is 24.3 Å². The molecule has 1 aromatic carbocycles. The predicted octanol–water partition coefficient (Wildman–Crippen LogP) is 1.95. The number of allylic oxidation sites excluding steroid dienone is 1. The van der Waals surface area contributed by atoms with E-state index in [1.54, 1.807) is 25.3 Å². The first kappa shape index (κ1) is 14.2. The average Bonchev–Trinajstić information content (AvgIpc) is 2.48. The molecule has 0 bridgehead atoms. The van der Waals surface area contributed by atoms with Crippen molar-refractivity contribution in [3.63, 3.8) is 0 Å². The molecule has 1 aromatic rings. The number of rotatable bonds is 5. The van der Waals surface area contributed by atoms with Gasteiger partial charge in [0.05, 0.1) is 0 Å². The summed E-state index contributed by atoms with van der Waals surface area (Å²) in [7, 11) is 0. The monoisotopic (exact) mass is 274 g/mol. The summed E-state index contributed by atoms with van der Waals surface area (Å²) in [6, 6.07) is 7.52. The second kappa shape index (κ2) is 5.83. The van der Waals surface area contributed by atoms with Gasteiger partial charge in [-0.15, -0.1) is 0 Å². The Hall–Kier alpha value is -2.21. The Kier molecular flexibility index (Phi) is 4.14. The molecule has 2 unspecified atom stereocenters. The van der Waals surface area contributed by atoms with Crippen LogP contribution >= 0.6 is 0 Å². The van der Waals surface area contributed by atoms with Gasteiger partial charge >= 0.3 is 0 Å². The van der Waals surface area contributed by atoms with Gasteiger partial charge in [0.25, 0.3) is 5.54 Å². The van der Waals surface area contributed by atoms with Gasteiger partial charge in [0.15, 0.2) is 6.17 Å². The van der Waals surface area contributed by atoms with Gasteiger partial charge in [-0.05, 0) is 29.8 Å². The van der Waals surface area contributed by atoms with E-state index in [1.165, 1.54) is 0 Å². The Morgan fingerprint density at radius 3 is 3.00 bits per heavy atom. The van der Waals surface area contributed by atoms with Gasteiger partial charge in [0.1, 0.15) is 0 Å². The zero-order valence-corrected chi connectivity index (χ0v) is 11.3. The van der Waals surface area contributed by atoms with Gasteiger partial charge in [0, 0.05) is 29.8 Å².